The fourth-order valence-corrected chi connectivity index (χ4v) is 5.69. The maximum absolute atomic E-state index is 13.4. The van der Waals surface area contributed by atoms with Crippen LogP contribution in [0.2, 0.25) is 0 Å². The van der Waals surface area contributed by atoms with E-state index in [1.165, 1.54) is 28.9 Å². The Morgan fingerprint density at radius 3 is 2.33 bits per heavy atom. The maximum atomic E-state index is 13.4. The molecule has 33 heavy (non-hydrogen) atoms. The number of hydrogen-bond acceptors (Lipinski definition) is 4. The van der Waals surface area contributed by atoms with E-state index in [2.05, 4.69) is 18.2 Å². The van der Waals surface area contributed by atoms with Gasteiger partial charge in [-0.2, -0.15) is 0 Å². The first-order chi connectivity index (χ1) is 15.8. The molecule has 3 aromatic rings. The monoisotopic (exact) mass is 465 g/mol. The normalized spacial score (nSPS) is 14.4. The number of carbonyl (C=O) groups is 2. The SMILES string of the molecule is CN(C)C(=O)c1cn(CC2CCCCC2)cc(C(=O)N(C)Cc2cc3ccccc3s2)c1=O. The third kappa shape index (κ3) is 5.19. The van der Waals surface area contributed by atoms with Gasteiger partial charge in [-0.15, -0.1) is 11.3 Å². The van der Waals surface area contributed by atoms with E-state index in [1.807, 2.05) is 16.7 Å². The van der Waals surface area contributed by atoms with Crippen LogP contribution >= 0.6 is 11.3 Å². The first-order valence-electron chi connectivity index (χ1n) is 11.5. The number of benzene rings is 1. The summed E-state index contributed by atoms with van der Waals surface area (Å²) in [5, 5.41) is 1.15. The predicted molar refractivity (Wildman–Crippen MR) is 133 cm³/mol. The number of hydrogen-bond donors (Lipinski definition) is 0. The third-order valence-electron chi connectivity index (χ3n) is 6.36. The van der Waals surface area contributed by atoms with Crippen LogP contribution in [0.15, 0.2) is 47.5 Å². The highest BCUT2D eigenvalue weighted by Gasteiger charge is 2.24. The minimum absolute atomic E-state index is 0.0527. The van der Waals surface area contributed by atoms with Crippen LogP contribution in [0.3, 0.4) is 0 Å². The van der Waals surface area contributed by atoms with Gasteiger partial charge >= 0.3 is 0 Å². The largest absolute Gasteiger partial charge is 0.352 e. The Labute approximate surface area is 198 Å². The lowest BCUT2D eigenvalue weighted by molar-refractivity contribution is 0.0783. The lowest BCUT2D eigenvalue weighted by Crippen LogP contribution is -2.36. The summed E-state index contributed by atoms with van der Waals surface area (Å²) in [4.78, 5) is 43.3. The first kappa shape index (κ1) is 23.2. The van der Waals surface area contributed by atoms with Crippen LogP contribution < -0.4 is 5.43 Å². The van der Waals surface area contributed by atoms with E-state index in [4.69, 9.17) is 0 Å². The van der Waals surface area contributed by atoms with Gasteiger partial charge in [-0.25, -0.2) is 0 Å². The molecule has 0 atom stereocenters. The molecule has 1 saturated carbocycles. The van der Waals surface area contributed by atoms with Crippen molar-refractivity contribution in [3.63, 3.8) is 0 Å². The Balaban J connectivity index is 1.63. The Hall–Kier alpha value is -2.93. The van der Waals surface area contributed by atoms with Crippen molar-refractivity contribution in [2.75, 3.05) is 21.1 Å². The van der Waals surface area contributed by atoms with Gasteiger partial charge in [-0.1, -0.05) is 37.5 Å². The van der Waals surface area contributed by atoms with Crippen molar-refractivity contribution < 1.29 is 9.59 Å². The molecule has 6 nitrogen and oxygen atoms in total. The zero-order valence-electron chi connectivity index (χ0n) is 19.5. The summed E-state index contributed by atoms with van der Waals surface area (Å²) in [6.45, 7) is 1.13. The molecule has 0 saturated heterocycles. The molecule has 0 unspecified atom stereocenters. The molecule has 1 aromatic carbocycles. The second-order valence-corrected chi connectivity index (χ2v) is 10.4. The molecule has 0 bridgehead atoms. The standard InChI is InChI=1S/C26H31N3O3S/c1-27(2)25(31)21-16-29(14-18-9-5-4-6-10-18)17-22(24(21)30)26(32)28(3)15-20-13-19-11-7-8-12-23(19)33-20/h7-8,11-13,16-18H,4-6,9-10,14-15H2,1-3H3. The molecular formula is C26H31N3O3S. The van der Waals surface area contributed by atoms with Crippen LogP contribution in [0.5, 0.6) is 0 Å². The minimum Gasteiger partial charge on any atom is -0.352 e. The van der Waals surface area contributed by atoms with Gasteiger partial charge in [0.1, 0.15) is 11.1 Å². The van der Waals surface area contributed by atoms with E-state index in [0.717, 1.165) is 23.1 Å². The molecule has 0 aliphatic heterocycles. The summed E-state index contributed by atoms with van der Waals surface area (Å²) in [7, 11) is 4.95. The average molecular weight is 466 g/mol. The molecular weight excluding hydrogens is 434 g/mol. The number of rotatable bonds is 6. The molecule has 2 amide bonds. The Bertz CT molecular complexity index is 1190. The molecule has 0 N–H and O–H groups in total. The molecule has 2 aromatic heterocycles. The van der Waals surface area contributed by atoms with Gasteiger partial charge in [0.05, 0.1) is 6.54 Å². The van der Waals surface area contributed by atoms with Crippen LogP contribution in [0, 0.1) is 5.92 Å². The number of carbonyl (C=O) groups excluding carboxylic acids is 2. The molecule has 2 heterocycles. The number of thiophene rings is 1. The maximum Gasteiger partial charge on any atom is 0.259 e. The van der Waals surface area contributed by atoms with Gasteiger partial charge in [0.15, 0.2) is 0 Å². The molecule has 0 radical (unpaired) electrons. The highest BCUT2D eigenvalue weighted by molar-refractivity contribution is 7.19. The molecule has 1 aliphatic carbocycles. The van der Waals surface area contributed by atoms with Gasteiger partial charge in [0.2, 0.25) is 5.43 Å². The lowest BCUT2D eigenvalue weighted by atomic mass is 9.89. The van der Waals surface area contributed by atoms with Gasteiger partial charge < -0.3 is 14.4 Å². The van der Waals surface area contributed by atoms with Crippen LogP contribution in [-0.2, 0) is 13.1 Å². The summed E-state index contributed by atoms with van der Waals surface area (Å²) in [5.41, 5.74) is -0.388. The topological polar surface area (TPSA) is 62.6 Å². The van der Waals surface area contributed by atoms with Gasteiger partial charge in [-0.3, -0.25) is 14.4 Å². The molecule has 0 spiro atoms. The van der Waals surface area contributed by atoms with Crippen molar-refractivity contribution in [2.45, 2.75) is 45.2 Å². The molecule has 4 rings (SSSR count). The molecule has 1 aliphatic rings. The van der Waals surface area contributed by atoms with Crippen LogP contribution in [-0.4, -0.2) is 47.3 Å². The fraction of sp³-hybridized carbons (Fsp3) is 0.423. The van der Waals surface area contributed by atoms with Crippen molar-refractivity contribution in [1.29, 1.82) is 0 Å². The van der Waals surface area contributed by atoms with E-state index in [0.29, 0.717) is 19.0 Å². The Kier molecular flexibility index (Phi) is 6.98. The summed E-state index contributed by atoms with van der Waals surface area (Å²) in [6.07, 6.45) is 9.22. The van der Waals surface area contributed by atoms with Crippen LogP contribution in [0.4, 0.5) is 0 Å². The fourth-order valence-electron chi connectivity index (χ4n) is 4.58. The van der Waals surface area contributed by atoms with Crippen molar-refractivity contribution >= 4 is 33.2 Å². The van der Waals surface area contributed by atoms with Crippen molar-refractivity contribution in [1.82, 2.24) is 14.4 Å². The van der Waals surface area contributed by atoms with E-state index >= 15 is 0 Å². The van der Waals surface area contributed by atoms with Crippen molar-refractivity contribution in [2.24, 2.45) is 5.92 Å². The third-order valence-corrected chi connectivity index (χ3v) is 7.46. The zero-order chi connectivity index (χ0) is 23.5. The highest BCUT2D eigenvalue weighted by atomic mass is 32.1. The molecule has 7 heteroatoms. The number of pyridine rings is 1. The van der Waals surface area contributed by atoms with E-state index < -0.39 is 5.43 Å². The van der Waals surface area contributed by atoms with Gasteiger partial charge in [0, 0.05) is 49.7 Å². The van der Waals surface area contributed by atoms with E-state index in [-0.39, 0.29) is 22.9 Å². The van der Waals surface area contributed by atoms with E-state index in [1.54, 1.807) is 49.8 Å². The Morgan fingerprint density at radius 2 is 1.67 bits per heavy atom. The second-order valence-electron chi connectivity index (χ2n) is 9.23. The average Bonchev–Trinajstić information content (AvgIpc) is 3.22. The minimum atomic E-state index is -0.498. The first-order valence-corrected chi connectivity index (χ1v) is 12.3. The molecule has 1 fully saturated rings. The molecule has 174 valence electrons. The summed E-state index contributed by atoms with van der Waals surface area (Å²) >= 11 is 1.64. The second kappa shape index (κ2) is 9.91. The summed E-state index contributed by atoms with van der Waals surface area (Å²) < 4.78 is 3.05. The van der Waals surface area contributed by atoms with Gasteiger partial charge in [0.25, 0.3) is 11.8 Å². The summed E-state index contributed by atoms with van der Waals surface area (Å²) in [5.74, 6) is -0.231. The lowest BCUT2D eigenvalue weighted by Gasteiger charge is -2.24. The zero-order valence-corrected chi connectivity index (χ0v) is 20.4. The number of nitrogens with zero attached hydrogens (tertiary/aromatic N) is 3. The van der Waals surface area contributed by atoms with Crippen molar-refractivity contribution in [3.05, 3.63) is 69.0 Å². The van der Waals surface area contributed by atoms with Crippen LogP contribution in [0.1, 0.15) is 57.7 Å². The Morgan fingerprint density at radius 1 is 1.00 bits per heavy atom. The number of aromatic nitrogens is 1. The van der Waals surface area contributed by atoms with Crippen molar-refractivity contribution in [3.8, 4) is 0 Å². The summed E-state index contributed by atoms with van der Waals surface area (Å²) in [6, 6.07) is 10.2. The predicted octanol–water partition coefficient (Wildman–Crippen LogP) is 4.62. The number of fused-ring (bicyclic) bond motifs is 1. The van der Waals surface area contributed by atoms with E-state index in [9.17, 15) is 14.4 Å². The smallest absolute Gasteiger partial charge is 0.259 e. The quantitative estimate of drug-likeness (QED) is 0.534. The van der Waals surface area contributed by atoms with Gasteiger partial charge in [-0.05, 0) is 36.3 Å². The number of amides is 2. The highest BCUT2D eigenvalue weighted by Crippen LogP contribution is 2.27. The van der Waals surface area contributed by atoms with Crippen LogP contribution in [0.25, 0.3) is 10.1 Å².